The molecule has 0 bridgehead atoms. The number of hydrogen-bond donors (Lipinski definition) is 0. The van der Waals surface area contributed by atoms with E-state index < -0.39 is 28.9 Å². The predicted octanol–water partition coefficient (Wildman–Crippen LogP) is 3.42. The molecule has 3 rings (SSSR count). The highest BCUT2D eigenvalue weighted by Gasteiger charge is 2.69. The van der Waals surface area contributed by atoms with Gasteiger partial charge in [-0.3, -0.25) is 14.5 Å². The predicted molar refractivity (Wildman–Crippen MR) is 117 cm³/mol. The van der Waals surface area contributed by atoms with Gasteiger partial charge in [-0.1, -0.05) is 47.0 Å². The first-order valence-corrected chi connectivity index (χ1v) is 11.8. The number of methoxy groups -OCH3 is 1. The van der Waals surface area contributed by atoms with Crippen LogP contribution in [0.1, 0.15) is 79.1 Å². The van der Waals surface area contributed by atoms with Gasteiger partial charge in [0.15, 0.2) is 0 Å². The number of carbonyl (C=O) groups excluding carboxylic acids is 3. The number of rotatable bonds is 7. The van der Waals surface area contributed by atoms with Gasteiger partial charge in [0.25, 0.3) is 5.91 Å². The van der Waals surface area contributed by atoms with Crippen molar-refractivity contribution < 1.29 is 23.9 Å². The molecule has 7 nitrogen and oxygen atoms in total. The molecule has 0 spiro atoms. The first kappa shape index (κ1) is 23.8. The Balaban J connectivity index is 2.08. The number of nitrogens with zero attached hydrogens (tertiary/aromatic N) is 2. The summed E-state index contributed by atoms with van der Waals surface area (Å²) in [4.78, 5) is 44.2. The van der Waals surface area contributed by atoms with Gasteiger partial charge in [-0.15, -0.1) is 0 Å². The van der Waals surface area contributed by atoms with Crippen LogP contribution in [0.25, 0.3) is 0 Å². The normalized spacial score (nSPS) is 28.2. The molecular formula is C24H38N2O5. The van der Waals surface area contributed by atoms with Crippen LogP contribution in [-0.4, -0.2) is 66.0 Å². The minimum Gasteiger partial charge on any atom is -0.467 e. The molecule has 31 heavy (non-hydrogen) atoms. The third-order valence-corrected chi connectivity index (χ3v) is 6.69. The Kier molecular flexibility index (Phi) is 7.14. The Morgan fingerprint density at radius 2 is 1.81 bits per heavy atom. The van der Waals surface area contributed by atoms with Crippen molar-refractivity contribution in [3.05, 3.63) is 11.3 Å². The molecule has 0 aromatic rings. The molecule has 1 amide bonds. The fourth-order valence-electron chi connectivity index (χ4n) is 5.06. The SMILES string of the molecule is CCCCCC/C(=C1/C(=O)N2[C@@H](C(C)(C)C)OC[C@]2(C(=O)OC)C1=O)N1CCCCC1. The van der Waals surface area contributed by atoms with Gasteiger partial charge in [-0.05, 0) is 32.1 Å². The molecule has 0 radical (unpaired) electrons. The maximum Gasteiger partial charge on any atom is 0.342 e. The summed E-state index contributed by atoms with van der Waals surface area (Å²) in [6, 6.07) is 0. The molecule has 2 atom stereocenters. The van der Waals surface area contributed by atoms with Gasteiger partial charge in [0.05, 0.1) is 13.7 Å². The molecule has 0 aromatic carbocycles. The van der Waals surface area contributed by atoms with E-state index in [4.69, 9.17) is 9.47 Å². The van der Waals surface area contributed by atoms with E-state index in [1.54, 1.807) is 0 Å². The van der Waals surface area contributed by atoms with Crippen molar-refractivity contribution in [1.82, 2.24) is 9.80 Å². The van der Waals surface area contributed by atoms with E-state index in [1.807, 2.05) is 20.8 Å². The number of ketones is 1. The van der Waals surface area contributed by atoms with Crippen LogP contribution < -0.4 is 0 Å². The molecular weight excluding hydrogens is 396 g/mol. The first-order chi connectivity index (χ1) is 14.7. The molecule has 0 aromatic heterocycles. The molecule has 3 fully saturated rings. The van der Waals surface area contributed by atoms with E-state index in [0.29, 0.717) is 6.42 Å². The zero-order chi connectivity index (χ0) is 22.8. The van der Waals surface area contributed by atoms with E-state index in [1.165, 1.54) is 12.0 Å². The fraction of sp³-hybridized carbons (Fsp3) is 0.792. The summed E-state index contributed by atoms with van der Waals surface area (Å²) in [7, 11) is 1.26. The highest BCUT2D eigenvalue weighted by Crippen LogP contribution is 2.46. The van der Waals surface area contributed by atoms with E-state index >= 15 is 0 Å². The topological polar surface area (TPSA) is 76.1 Å². The smallest absolute Gasteiger partial charge is 0.342 e. The number of allylic oxidation sites excluding steroid dienone is 1. The molecule has 0 aliphatic carbocycles. The van der Waals surface area contributed by atoms with E-state index in [9.17, 15) is 14.4 Å². The van der Waals surface area contributed by atoms with Crippen molar-refractivity contribution >= 4 is 17.7 Å². The second-order valence-corrected chi connectivity index (χ2v) is 10.1. The van der Waals surface area contributed by atoms with Crippen LogP contribution in [0, 0.1) is 5.41 Å². The van der Waals surface area contributed by atoms with Crippen LogP contribution in [0.3, 0.4) is 0 Å². The van der Waals surface area contributed by atoms with E-state index in [2.05, 4.69) is 11.8 Å². The molecule has 0 N–H and O–H groups in total. The number of amides is 1. The number of Topliss-reactive ketones (excluding diaryl/α,β-unsaturated/α-hetero) is 1. The standard InChI is InChI=1S/C24H38N2O5/c1-6-7-8-10-13-17(25-14-11-9-12-15-25)18-19(27)24(22(29)30-5)16-31-21(23(2,3)4)26(24)20(18)28/h21H,6-16H2,1-5H3/b18-17-/t21-,24-/m1/s1. The summed E-state index contributed by atoms with van der Waals surface area (Å²) in [5.74, 6) is -1.55. The molecule has 7 heteroatoms. The van der Waals surface area contributed by atoms with Crippen LogP contribution in [0.15, 0.2) is 11.3 Å². The van der Waals surface area contributed by atoms with Crippen LogP contribution >= 0.6 is 0 Å². The summed E-state index contributed by atoms with van der Waals surface area (Å²) >= 11 is 0. The van der Waals surface area contributed by atoms with E-state index in [0.717, 1.165) is 63.7 Å². The van der Waals surface area contributed by atoms with Crippen LogP contribution in [0.2, 0.25) is 0 Å². The molecule has 0 unspecified atom stereocenters. The fourth-order valence-corrected chi connectivity index (χ4v) is 5.06. The van der Waals surface area contributed by atoms with Crippen molar-refractivity contribution in [2.75, 3.05) is 26.8 Å². The van der Waals surface area contributed by atoms with Crippen molar-refractivity contribution in [3.8, 4) is 0 Å². The highest BCUT2D eigenvalue weighted by atomic mass is 16.6. The van der Waals surface area contributed by atoms with Crippen molar-refractivity contribution in [2.24, 2.45) is 5.41 Å². The lowest BCUT2D eigenvalue weighted by Crippen LogP contribution is -2.57. The number of piperidine rings is 1. The largest absolute Gasteiger partial charge is 0.467 e. The third kappa shape index (κ3) is 4.13. The molecule has 3 aliphatic rings. The van der Waals surface area contributed by atoms with Gasteiger partial charge in [0.1, 0.15) is 11.8 Å². The summed E-state index contributed by atoms with van der Waals surface area (Å²) in [6.07, 6.45) is 7.51. The Labute approximate surface area is 186 Å². The highest BCUT2D eigenvalue weighted by molar-refractivity contribution is 6.35. The van der Waals surface area contributed by atoms with Crippen LogP contribution in [-0.2, 0) is 23.9 Å². The summed E-state index contributed by atoms with van der Waals surface area (Å²) in [5.41, 5.74) is -1.16. The summed E-state index contributed by atoms with van der Waals surface area (Å²) in [6.45, 7) is 9.53. The van der Waals surface area contributed by atoms with Gasteiger partial charge in [0.2, 0.25) is 11.3 Å². The maximum absolute atomic E-state index is 13.8. The van der Waals surface area contributed by atoms with Gasteiger partial charge in [-0.25, -0.2) is 4.79 Å². The number of unbranched alkanes of at least 4 members (excludes halogenated alkanes) is 3. The van der Waals surface area contributed by atoms with Gasteiger partial charge in [0, 0.05) is 24.2 Å². The zero-order valence-electron chi connectivity index (χ0n) is 19.8. The van der Waals surface area contributed by atoms with Crippen molar-refractivity contribution in [1.29, 1.82) is 0 Å². The summed E-state index contributed by atoms with van der Waals surface area (Å²) < 4.78 is 10.9. The van der Waals surface area contributed by atoms with Gasteiger partial charge in [-0.2, -0.15) is 0 Å². The molecule has 0 saturated carbocycles. The average Bonchev–Trinajstić information content (AvgIpc) is 3.25. The average molecular weight is 435 g/mol. The Bertz CT molecular complexity index is 748. The van der Waals surface area contributed by atoms with Crippen molar-refractivity contribution in [3.63, 3.8) is 0 Å². The minimum absolute atomic E-state index is 0.154. The van der Waals surface area contributed by atoms with Gasteiger partial charge < -0.3 is 14.4 Å². The van der Waals surface area contributed by atoms with Gasteiger partial charge >= 0.3 is 5.97 Å². The zero-order valence-corrected chi connectivity index (χ0v) is 19.8. The Morgan fingerprint density at radius 1 is 1.13 bits per heavy atom. The first-order valence-electron chi connectivity index (χ1n) is 11.8. The quantitative estimate of drug-likeness (QED) is 0.201. The number of likely N-dealkylation sites (tertiary alicyclic amines) is 1. The monoisotopic (exact) mass is 434 g/mol. The lowest BCUT2D eigenvalue weighted by atomic mass is 9.90. The van der Waals surface area contributed by atoms with E-state index in [-0.39, 0.29) is 18.1 Å². The second-order valence-electron chi connectivity index (χ2n) is 10.1. The lowest BCUT2D eigenvalue weighted by Gasteiger charge is -2.35. The number of hydrogen-bond acceptors (Lipinski definition) is 6. The second kappa shape index (κ2) is 9.31. The lowest BCUT2D eigenvalue weighted by molar-refractivity contribution is -0.160. The molecule has 3 heterocycles. The van der Waals surface area contributed by atoms with Crippen LogP contribution in [0.4, 0.5) is 0 Å². The van der Waals surface area contributed by atoms with Crippen LogP contribution in [0.5, 0.6) is 0 Å². The molecule has 3 saturated heterocycles. The Hall–Kier alpha value is -1.89. The Morgan fingerprint density at radius 3 is 2.39 bits per heavy atom. The van der Waals surface area contributed by atoms with Crippen molar-refractivity contribution in [2.45, 2.75) is 90.8 Å². The molecule has 174 valence electrons. The number of fused-ring (bicyclic) bond motifs is 1. The number of carbonyl (C=O) groups is 3. The molecule has 3 aliphatic heterocycles. The minimum atomic E-state index is -1.70. The number of esters is 1. The summed E-state index contributed by atoms with van der Waals surface area (Å²) in [5, 5.41) is 0. The number of ether oxygens (including phenoxy) is 2. The maximum atomic E-state index is 13.8. The third-order valence-electron chi connectivity index (χ3n) is 6.69.